The molecule has 0 atom stereocenters. The number of hydrogen-bond donors (Lipinski definition) is 0. The molecule has 2 rings (SSSR count). The van der Waals surface area contributed by atoms with Gasteiger partial charge in [-0.3, -0.25) is 4.40 Å². The van der Waals surface area contributed by atoms with Crippen molar-refractivity contribution in [3.63, 3.8) is 0 Å². The fraction of sp³-hybridized carbons (Fsp3) is 0.583. The van der Waals surface area contributed by atoms with Crippen LogP contribution in [0.15, 0.2) is 10.8 Å². The minimum Gasteiger partial charge on any atom is -0.284 e. The molecule has 0 saturated heterocycles. The smallest absolute Gasteiger partial charge is 0.195 e. The molecule has 0 amide bonds. The second-order valence-electron chi connectivity index (χ2n) is 4.39. The predicted octanol–water partition coefficient (Wildman–Crippen LogP) is 4.62. The van der Waals surface area contributed by atoms with Gasteiger partial charge >= 0.3 is 0 Å². The van der Waals surface area contributed by atoms with E-state index >= 15 is 0 Å². The van der Waals surface area contributed by atoms with Crippen LogP contribution in [0.4, 0.5) is 0 Å². The summed E-state index contributed by atoms with van der Waals surface area (Å²) in [5, 5.41) is 0. The first-order valence-electron chi connectivity index (χ1n) is 5.79. The summed E-state index contributed by atoms with van der Waals surface area (Å²) in [5.74, 6) is 0.581. The van der Waals surface area contributed by atoms with E-state index in [0.717, 1.165) is 16.0 Å². The van der Waals surface area contributed by atoms with E-state index in [-0.39, 0.29) is 0 Å². The zero-order valence-corrected chi connectivity index (χ0v) is 12.4. The SMILES string of the molecule is CCCCc1nc2sc(C(C)C)cn2c1Br. The van der Waals surface area contributed by atoms with E-state index in [9.17, 15) is 0 Å². The van der Waals surface area contributed by atoms with Crippen molar-refractivity contribution in [3.8, 4) is 0 Å². The van der Waals surface area contributed by atoms with Crippen LogP contribution in [0, 0.1) is 0 Å². The van der Waals surface area contributed by atoms with Gasteiger partial charge in [-0.05, 0) is 34.7 Å². The second kappa shape index (κ2) is 4.88. The van der Waals surface area contributed by atoms with Gasteiger partial charge in [0.1, 0.15) is 4.60 Å². The molecular formula is C12H17BrN2S. The molecule has 0 aliphatic heterocycles. The van der Waals surface area contributed by atoms with Crippen LogP contribution in [0.3, 0.4) is 0 Å². The van der Waals surface area contributed by atoms with Gasteiger partial charge in [0.05, 0.1) is 5.69 Å². The van der Waals surface area contributed by atoms with Gasteiger partial charge in [-0.15, -0.1) is 11.3 Å². The van der Waals surface area contributed by atoms with Crippen molar-refractivity contribution in [2.75, 3.05) is 0 Å². The lowest BCUT2D eigenvalue weighted by atomic mass is 10.2. The highest BCUT2D eigenvalue weighted by Gasteiger charge is 2.13. The van der Waals surface area contributed by atoms with Crippen molar-refractivity contribution in [3.05, 3.63) is 21.4 Å². The van der Waals surface area contributed by atoms with Gasteiger partial charge in [0.2, 0.25) is 0 Å². The van der Waals surface area contributed by atoms with Gasteiger partial charge in [0.15, 0.2) is 4.96 Å². The minimum absolute atomic E-state index is 0.581. The van der Waals surface area contributed by atoms with E-state index in [0.29, 0.717) is 5.92 Å². The molecule has 0 N–H and O–H groups in total. The van der Waals surface area contributed by atoms with Gasteiger partial charge < -0.3 is 0 Å². The Morgan fingerprint density at radius 2 is 2.25 bits per heavy atom. The van der Waals surface area contributed by atoms with Gasteiger partial charge in [0, 0.05) is 11.1 Å². The topological polar surface area (TPSA) is 17.3 Å². The average Bonchev–Trinajstić information content (AvgIpc) is 2.76. The molecule has 0 aliphatic carbocycles. The van der Waals surface area contributed by atoms with Crippen LogP contribution in [0.1, 0.15) is 50.1 Å². The maximum Gasteiger partial charge on any atom is 0.195 e. The van der Waals surface area contributed by atoms with Gasteiger partial charge in [0.25, 0.3) is 0 Å². The van der Waals surface area contributed by atoms with E-state index in [4.69, 9.17) is 0 Å². The number of rotatable bonds is 4. The third-order valence-electron chi connectivity index (χ3n) is 2.69. The number of thiazole rings is 1. The van der Waals surface area contributed by atoms with Crippen LogP contribution in [-0.4, -0.2) is 9.38 Å². The van der Waals surface area contributed by atoms with Crippen LogP contribution in [-0.2, 0) is 6.42 Å². The van der Waals surface area contributed by atoms with Crippen molar-refractivity contribution < 1.29 is 0 Å². The molecule has 2 heterocycles. The Bertz CT molecular complexity index is 484. The number of hydrogen-bond acceptors (Lipinski definition) is 2. The van der Waals surface area contributed by atoms with Gasteiger partial charge in [-0.25, -0.2) is 4.98 Å². The number of aromatic nitrogens is 2. The fourth-order valence-electron chi connectivity index (χ4n) is 1.65. The Morgan fingerprint density at radius 3 is 2.81 bits per heavy atom. The molecule has 2 aromatic rings. The Labute approximate surface area is 109 Å². The van der Waals surface area contributed by atoms with Crippen molar-refractivity contribution in [2.45, 2.75) is 46.0 Å². The van der Waals surface area contributed by atoms with Crippen molar-refractivity contribution in [1.29, 1.82) is 0 Å². The lowest BCUT2D eigenvalue weighted by molar-refractivity contribution is 0.778. The summed E-state index contributed by atoms with van der Waals surface area (Å²) < 4.78 is 3.31. The molecule has 0 fully saturated rings. The van der Waals surface area contributed by atoms with Crippen LogP contribution in [0.5, 0.6) is 0 Å². The van der Waals surface area contributed by atoms with Crippen molar-refractivity contribution in [2.24, 2.45) is 0 Å². The highest BCUT2D eigenvalue weighted by Crippen LogP contribution is 2.29. The molecule has 16 heavy (non-hydrogen) atoms. The summed E-state index contributed by atoms with van der Waals surface area (Å²) in [5.41, 5.74) is 1.20. The summed E-state index contributed by atoms with van der Waals surface area (Å²) in [6, 6.07) is 0. The first-order chi connectivity index (χ1) is 7.63. The molecule has 2 aromatic heterocycles. The quantitative estimate of drug-likeness (QED) is 0.805. The lowest BCUT2D eigenvalue weighted by Gasteiger charge is -1.98. The van der Waals surface area contributed by atoms with Crippen molar-refractivity contribution >= 4 is 32.2 Å². The Morgan fingerprint density at radius 1 is 1.50 bits per heavy atom. The van der Waals surface area contributed by atoms with Gasteiger partial charge in [-0.1, -0.05) is 27.2 Å². The minimum atomic E-state index is 0.581. The summed E-state index contributed by atoms with van der Waals surface area (Å²) in [6.07, 6.45) is 5.70. The molecule has 4 heteroatoms. The third kappa shape index (κ3) is 2.18. The molecule has 0 saturated carbocycles. The number of fused-ring (bicyclic) bond motifs is 1. The molecule has 0 radical (unpaired) electrons. The van der Waals surface area contributed by atoms with Crippen LogP contribution < -0.4 is 0 Å². The van der Waals surface area contributed by atoms with E-state index in [1.165, 1.54) is 23.4 Å². The predicted molar refractivity (Wildman–Crippen MR) is 73.5 cm³/mol. The number of unbranched alkanes of at least 4 members (excludes halogenated alkanes) is 1. The Balaban J connectivity index is 2.35. The monoisotopic (exact) mass is 300 g/mol. The first-order valence-corrected chi connectivity index (χ1v) is 7.40. The number of aryl methyl sites for hydroxylation is 1. The fourth-order valence-corrected chi connectivity index (χ4v) is 3.33. The zero-order chi connectivity index (χ0) is 11.7. The van der Waals surface area contributed by atoms with Crippen molar-refractivity contribution in [1.82, 2.24) is 9.38 Å². The van der Waals surface area contributed by atoms with Crippen LogP contribution in [0.25, 0.3) is 4.96 Å². The Kier molecular flexibility index (Phi) is 3.70. The molecule has 2 nitrogen and oxygen atoms in total. The standard InChI is InChI=1S/C12H17BrN2S/c1-4-5-6-9-11(13)15-7-10(8(2)3)16-12(15)14-9/h7-8H,4-6H2,1-3H3. The zero-order valence-electron chi connectivity index (χ0n) is 9.96. The average molecular weight is 301 g/mol. The van der Waals surface area contributed by atoms with E-state index < -0.39 is 0 Å². The molecular weight excluding hydrogens is 284 g/mol. The lowest BCUT2D eigenvalue weighted by Crippen LogP contribution is -1.87. The maximum atomic E-state index is 4.69. The molecule has 0 aromatic carbocycles. The largest absolute Gasteiger partial charge is 0.284 e. The second-order valence-corrected chi connectivity index (χ2v) is 6.19. The molecule has 0 aliphatic rings. The first kappa shape index (κ1) is 12.1. The third-order valence-corrected chi connectivity index (χ3v) is 4.81. The highest BCUT2D eigenvalue weighted by molar-refractivity contribution is 9.10. The molecule has 0 bridgehead atoms. The van der Waals surface area contributed by atoms with Crippen LogP contribution >= 0.6 is 27.3 Å². The maximum absolute atomic E-state index is 4.69. The normalized spacial score (nSPS) is 11.8. The molecule has 0 unspecified atom stereocenters. The summed E-state index contributed by atoms with van der Waals surface area (Å²) in [4.78, 5) is 7.19. The van der Waals surface area contributed by atoms with Gasteiger partial charge in [-0.2, -0.15) is 0 Å². The van der Waals surface area contributed by atoms with E-state index in [2.05, 4.69) is 52.3 Å². The summed E-state index contributed by atoms with van der Waals surface area (Å²) >= 11 is 5.45. The number of halogens is 1. The van der Waals surface area contributed by atoms with Crippen LogP contribution in [0.2, 0.25) is 0 Å². The van der Waals surface area contributed by atoms with E-state index in [1.807, 2.05) is 0 Å². The molecule has 0 spiro atoms. The summed E-state index contributed by atoms with van der Waals surface area (Å²) in [6.45, 7) is 6.65. The summed E-state index contributed by atoms with van der Waals surface area (Å²) in [7, 11) is 0. The number of nitrogens with zero attached hydrogens (tertiary/aromatic N) is 2. The van der Waals surface area contributed by atoms with E-state index in [1.54, 1.807) is 11.3 Å². The highest BCUT2D eigenvalue weighted by atomic mass is 79.9. The Hall–Kier alpha value is -0.350. The number of imidazole rings is 1. The molecule has 88 valence electrons.